The van der Waals surface area contributed by atoms with Gasteiger partial charge in [0.1, 0.15) is 0 Å². The predicted octanol–water partition coefficient (Wildman–Crippen LogP) is 0.459. The maximum Gasteiger partial charge on any atom is 0.0736 e. The summed E-state index contributed by atoms with van der Waals surface area (Å²) in [5.74, 6) is 0. The van der Waals surface area contributed by atoms with E-state index < -0.39 is 0 Å². The fourth-order valence-corrected chi connectivity index (χ4v) is 2.26. The summed E-state index contributed by atoms with van der Waals surface area (Å²) >= 11 is 0. The van der Waals surface area contributed by atoms with Gasteiger partial charge in [-0.05, 0) is 20.8 Å². The average Bonchev–Trinajstić information content (AvgIpc) is 2.27. The second-order valence-corrected chi connectivity index (χ2v) is 4.56. The van der Waals surface area contributed by atoms with E-state index in [4.69, 9.17) is 15.2 Å². The lowest BCUT2D eigenvalue weighted by Gasteiger charge is -2.48. The molecule has 0 radical (unpaired) electrons. The number of nitrogens with zero attached hydrogens (tertiary/aromatic N) is 1. The lowest BCUT2D eigenvalue weighted by Crippen LogP contribution is -2.64. The molecule has 1 aliphatic heterocycles. The van der Waals surface area contributed by atoms with Crippen LogP contribution >= 0.6 is 0 Å². The van der Waals surface area contributed by atoms with Crippen molar-refractivity contribution in [3.05, 3.63) is 0 Å². The number of rotatable bonds is 4. The highest BCUT2D eigenvalue weighted by Crippen LogP contribution is 2.25. The number of methoxy groups -OCH3 is 1. The van der Waals surface area contributed by atoms with Gasteiger partial charge in [0.15, 0.2) is 0 Å². The van der Waals surface area contributed by atoms with Gasteiger partial charge in [-0.1, -0.05) is 0 Å². The van der Waals surface area contributed by atoms with Gasteiger partial charge in [0.25, 0.3) is 0 Å². The molecule has 1 fully saturated rings. The molecule has 3 atom stereocenters. The van der Waals surface area contributed by atoms with E-state index >= 15 is 0 Å². The van der Waals surface area contributed by atoms with Crippen LogP contribution < -0.4 is 5.73 Å². The van der Waals surface area contributed by atoms with Crippen LogP contribution in [0.1, 0.15) is 20.8 Å². The topological polar surface area (TPSA) is 47.7 Å². The number of nitrogens with two attached hydrogens (primary N) is 1. The van der Waals surface area contributed by atoms with E-state index in [-0.39, 0.29) is 11.6 Å². The van der Waals surface area contributed by atoms with Gasteiger partial charge in [-0.2, -0.15) is 0 Å². The largest absolute Gasteiger partial charge is 0.380 e. The molecule has 0 bridgehead atoms. The van der Waals surface area contributed by atoms with Crippen molar-refractivity contribution in [1.82, 2.24) is 4.90 Å². The summed E-state index contributed by atoms with van der Waals surface area (Å²) in [6.45, 7) is 9.53. The molecule has 4 heteroatoms. The van der Waals surface area contributed by atoms with Crippen LogP contribution in [0.4, 0.5) is 0 Å². The van der Waals surface area contributed by atoms with Crippen LogP contribution in [0.2, 0.25) is 0 Å². The minimum absolute atomic E-state index is 0.0993. The fourth-order valence-electron chi connectivity index (χ4n) is 2.26. The monoisotopic (exact) mass is 216 g/mol. The van der Waals surface area contributed by atoms with Crippen LogP contribution in [-0.4, -0.2) is 56.0 Å². The number of hydrogen-bond donors (Lipinski definition) is 1. The first-order chi connectivity index (χ1) is 7.06. The molecule has 3 unspecified atom stereocenters. The fraction of sp³-hybridized carbons (Fsp3) is 1.00. The zero-order chi connectivity index (χ0) is 11.5. The van der Waals surface area contributed by atoms with E-state index in [1.165, 1.54) is 0 Å². The number of morpholine rings is 1. The summed E-state index contributed by atoms with van der Waals surface area (Å²) in [5, 5.41) is 0. The molecule has 1 heterocycles. The summed E-state index contributed by atoms with van der Waals surface area (Å²) in [7, 11) is 1.74. The maximum atomic E-state index is 5.91. The van der Waals surface area contributed by atoms with Crippen molar-refractivity contribution in [1.29, 1.82) is 0 Å². The molecule has 1 saturated heterocycles. The van der Waals surface area contributed by atoms with Crippen molar-refractivity contribution in [2.75, 3.05) is 33.4 Å². The average molecular weight is 216 g/mol. The van der Waals surface area contributed by atoms with E-state index in [9.17, 15) is 0 Å². The third-order valence-corrected chi connectivity index (χ3v) is 3.67. The summed E-state index contributed by atoms with van der Waals surface area (Å²) in [6.07, 6.45) is 0.128. The summed E-state index contributed by atoms with van der Waals surface area (Å²) in [6, 6.07) is 0.407. The Morgan fingerprint density at radius 2 is 2.33 bits per heavy atom. The molecule has 1 rings (SSSR count). The van der Waals surface area contributed by atoms with E-state index in [0.717, 1.165) is 19.8 Å². The van der Waals surface area contributed by atoms with Crippen LogP contribution in [-0.2, 0) is 9.47 Å². The molecule has 0 spiro atoms. The first-order valence-corrected chi connectivity index (χ1v) is 5.63. The van der Waals surface area contributed by atoms with E-state index in [1.807, 2.05) is 0 Å². The van der Waals surface area contributed by atoms with Crippen LogP contribution in [0.3, 0.4) is 0 Å². The normalized spacial score (nSPS) is 29.8. The molecule has 0 amide bonds. The van der Waals surface area contributed by atoms with Gasteiger partial charge in [-0.15, -0.1) is 0 Å². The van der Waals surface area contributed by atoms with Crippen LogP contribution in [0.15, 0.2) is 0 Å². The minimum atomic E-state index is -0.0993. The molecule has 0 saturated carbocycles. The second-order valence-electron chi connectivity index (χ2n) is 4.56. The first-order valence-electron chi connectivity index (χ1n) is 5.63. The second kappa shape index (κ2) is 5.25. The molecule has 0 aromatic rings. The van der Waals surface area contributed by atoms with Crippen molar-refractivity contribution in [2.24, 2.45) is 5.73 Å². The number of ether oxygens (including phenoxy) is 2. The molecule has 15 heavy (non-hydrogen) atoms. The van der Waals surface area contributed by atoms with Crippen LogP contribution in [0, 0.1) is 0 Å². The SMILES string of the molecule is COC(C)C(C)(CN)N1CCOCC1C. The first kappa shape index (κ1) is 12.9. The van der Waals surface area contributed by atoms with Crippen molar-refractivity contribution in [2.45, 2.75) is 38.5 Å². The Morgan fingerprint density at radius 1 is 1.67 bits per heavy atom. The smallest absolute Gasteiger partial charge is 0.0736 e. The van der Waals surface area contributed by atoms with Gasteiger partial charge in [-0.3, -0.25) is 4.90 Å². The molecular formula is C11H24N2O2. The Labute approximate surface area is 92.7 Å². The van der Waals surface area contributed by atoms with Crippen LogP contribution in [0.5, 0.6) is 0 Å². The Hall–Kier alpha value is -0.160. The van der Waals surface area contributed by atoms with Gasteiger partial charge in [-0.25, -0.2) is 0 Å². The summed E-state index contributed by atoms with van der Waals surface area (Å²) in [4.78, 5) is 2.41. The van der Waals surface area contributed by atoms with E-state index in [2.05, 4.69) is 25.7 Å². The van der Waals surface area contributed by atoms with Crippen molar-refractivity contribution in [3.8, 4) is 0 Å². The third-order valence-electron chi connectivity index (χ3n) is 3.67. The molecular weight excluding hydrogens is 192 g/mol. The highest BCUT2D eigenvalue weighted by atomic mass is 16.5. The van der Waals surface area contributed by atoms with Gasteiger partial charge >= 0.3 is 0 Å². The van der Waals surface area contributed by atoms with Gasteiger partial charge in [0.2, 0.25) is 0 Å². The van der Waals surface area contributed by atoms with E-state index in [0.29, 0.717) is 12.6 Å². The van der Waals surface area contributed by atoms with Gasteiger partial charge in [0, 0.05) is 26.2 Å². The van der Waals surface area contributed by atoms with Gasteiger partial charge < -0.3 is 15.2 Å². The zero-order valence-electron chi connectivity index (χ0n) is 10.3. The highest BCUT2D eigenvalue weighted by Gasteiger charge is 2.40. The zero-order valence-corrected chi connectivity index (χ0v) is 10.3. The molecule has 2 N–H and O–H groups in total. The molecule has 0 aromatic heterocycles. The molecule has 4 nitrogen and oxygen atoms in total. The molecule has 0 aliphatic carbocycles. The highest BCUT2D eigenvalue weighted by molar-refractivity contribution is 4.96. The number of hydrogen-bond acceptors (Lipinski definition) is 4. The standard InChI is InChI=1S/C11H24N2O2/c1-9-7-15-6-5-13(9)11(3,8-12)10(2)14-4/h9-10H,5-8,12H2,1-4H3. The van der Waals surface area contributed by atoms with Crippen molar-refractivity contribution < 1.29 is 9.47 Å². The maximum absolute atomic E-state index is 5.91. The quantitative estimate of drug-likeness (QED) is 0.741. The summed E-state index contributed by atoms with van der Waals surface area (Å²) in [5.41, 5.74) is 5.81. The summed E-state index contributed by atoms with van der Waals surface area (Å²) < 4.78 is 10.9. The third kappa shape index (κ3) is 2.50. The Morgan fingerprint density at radius 3 is 2.80 bits per heavy atom. The molecule has 90 valence electrons. The lowest BCUT2D eigenvalue weighted by atomic mass is 9.91. The minimum Gasteiger partial charge on any atom is -0.380 e. The Balaban J connectivity index is 2.78. The Bertz CT molecular complexity index is 201. The lowest BCUT2D eigenvalue weighted by molar-refractivity contribution is -0.0985. The Kier molecular flexibility index (Phi) is 4.52. The van der Waals surface area contributed by atoms with Crippen molar-refractivity contribution in [3.63, 3.8) is 0 Å². The van der Waals surface area contributed by atoms with Crippen molar-refractivity contribution >= 4 is 0 Å². The molecule has 1 aliphatic rings. The molecule has 0 aromatic carbocycles. The van der Waals surface area contributed by atoms with Crippen LogP contribution in [0.25, 0.3) is 0 Å². The van der Waals surface area contributed by atoms with E-state index in [1.54, 1.807) is 7.11 Å². The predicted molar refractivity (Wildman–Crippen MR) is 60.9 cm³/mol. The van der Waals surface area contributed by atoms with Gasteiger partial charge in [0.05, 0.1) is 24.9 Å².